The van der Waals surface area contributed by atoms with Crippen molar-refractivity contribution < 1.29 is 58.2 Å². The highest BCUT2D eigenvalue weighted by Crippen LogP contribution is 2.45. The molecule has 0 saturated carbocycles. The zero-order valence-electron chi connectivity index (χ0n) is 30.7. The Balaban J connectivity index is 1.46. The maximum atomic E-state index is 13.8. The third-order valence-electron chi connectivity index (χ3n) is 10.3. The fraction of sp³-hybridized carbons (Fsp3) is 0.325. The van der Waals surface area contributed by atoms with Crippen molar-refractivity contribution in [2.24, 2.45) is 0 Å². The molecule has 0 amide bonds. The van der Waals surface area contributed by atoms with E-state index in [1.807, 2.05) is 0 Å². The predicted octanol–water partition coefficient (Wildman–Crippen LogP) is 6.63. The lowest BCUT2D eigenvalue weighted by atomic mass is 9.87. The van der Waals surface area contributed by atoms with E-state index in [0.717, 1.165) is 12.2 Å². The summed E-state index contributed by atoms with van der Waals surface area (Å²) in [5.41, 5.74) is 2.21. The largest absolute Gasteiger partial charge is 0.506 e. The first-order valence-electron chi connectivity index (χ1n) is 16.7. The van der Waals surface area contributed by atoms with Gasteiger partial charge in [0.05, 0.1) is 18.2 Å². The van der Waals surface area contributed by atoms with Gasteiger partial charge in [-0.05, 0) is 158 Å². The number of carboxylic acids is 1. The number of aromatic carboxylic acids is 1. The number of ketones is 1. The standard InChI is InChI=1S/C40H39BrO12/c1-16-13-27(25-11-10-12-26(25)29(16)37(46)52-34-21(6)18(3)30(36(44)45)19(4)22(34)7)51-38(47)31-20(5)23(8)35(32(41)33(31)43)53-39(48)40(49)17(2)14-24(42)15-28(40)50-9/h13-15,43,49H,10-12H2,1-9H3,(H,44,45)/t40-/m1/s1. The van der Waals surface area contributed by atoms with E-state index in [0.29, 0.717) is 69.5 Å². The fourth-order valence-electron chi connectivity index (χ4n) is 7.02. The van der Waals surface area contributed by atoms with Crippen LogP contribution in [-0.4, -0.2) is 57.7 Å². The van der Waals surface area contributed by atoms with Crippen LogP contribution in [-0.2, 0) is 27.2 Å². The van der Waals surface area contributed by atoms with Gasteiger partial charge < -0.3 is 34.3 Å². The smallest absolute Gasteiger partial charge is 0.356 e. The van der Waals surface area contributed by atoms with Crippen LogP contribution in [0.15, 0.2) is 34.0 Å². The van der Waals surface area contributed by atoms with E-state index >= 15 is 0 Å². The molecular weight excluding hydrogens is 752 g/mol. The lowest BCUT2D eigenvalue weighted by molar-refractivity contribution is -0.151. The van der Waals surface area contributed by atoms with Crippen molar-refractivity contribution in [3.05, 3.63) is 101 Å². The number of esters is 3. The van der Waals surface area contributed by atoms with E-state index in [1.54, 1.807) is 47.6 Å². The number of methoxy groups -OCH3 is 1. The molecule has 53 heavy (non-hydrogen) atoms. The van der Waals surface area contributed by atoms with E-state index in [-0.39, 0.29) is 49.6 Å². The number of phenols is 1. The van der Waals surface area contributed by atoms with E-state index in [2.05, 4.69) is 15.9 Å². The topological polar surface area (TPSA) is 183 Å². The lowest BCUT2D eigenvalue weighted by Crippen LogP contribution is -2.47. The maximum Gasteiger partial charge on any atom is 0.356 e. The first kappa shape index (κ1) is 38.9. The second-order valence-corrected chi connectivity index (χ2v) is 14.1. The molecule has 5 rings (SSSR count). The normalized spacial score (nSPS) is 16.4. The average Bonchev–Trinajstić information content (AvgIpc) is 3.58. The van der Waals surface area contributed by atoms with Crippen LogP contribution in [0.25, 0.3) is 0 Å². The van der Waals surface area contributed by atoms with Gasteiger partial charge in [0, 0.05) is 6.08 Å². The minimum absolute atomic E-state index is 0.0336. The van der Waals surface area contributed by atoms with Crippen molar-refractivity contribution in [3.63, 3.8) is 0 Å². The minimum Gasteiger partial charge on any atom is -0.506 e. The van der Waals surface area contributed by atoms with Crippen molar-refractivity contribution in [2.45, 2.75) is 80.3 Å². The molecule has 3 aromatic rings. The molecule has 0 spiro atoms. The molecule has 0 aromatic heterocycles. The summed E-state index contributed by atoms with van der Waals surface area (Å²) in [6, 6.07) is 1.57. The van der Waals surface area contributed by atoms with Gasteiger partial charge in [-0.15, -0.1) is 0 Å². The van der Waals surface area contributed by atoms with Crippen LogP contribution in [0.4, 0.5) is 0 Å². The average molecular weight is 792 g/mol. The number of hydrogen-bond acceptors (Lipinski definition) is 11. The molecule has 0 heterocycles. The number of rotatable bonds is 8. The van der Waals surface area contributed by atoms with Gasteiger partial charge in [0.25, 0.3) is 0 Å². The summed E-state index contributed by atoms with van der Waals surface area (Å²) in [5.74, 6) is -4.88. The number of phenolic OH excluding ortho intramolecular Hbond substituents is 1. The molecule has 12 nitrogen and oxygen atoms in total. The van der Waals surface area contributed by atoms with Gasteiger partial charge in [0.1, 0.15) is 33.0 Å². The van der Waals surface area contributed by atoms with Crippen LogP contribution in [0.1, 0.15) is 94.5 Å². The summed E-state index contributed by atoms with van der Waals surface area (Å²) < 4.78 is 22.4. The zero-order valence-corrected chi connectivity index (χ0v) is 32.3. The Labute approximate surface area is 314 Å². The molecule has 278 valence electrons. The predicted molar refractivity (Wildman–Crippen MR) is 195 cm³/mol. The number of aliphatic hydroxyl groups is 1. The summed E-state index contributed by atoms with van der Waals surface area (Å²) in [5, 5.41) is 32.3. The molecule has 3 N–H and O–H groups in total. The molecule has 0 radical (unpaired) electrons. The Morgan fingerprint density at radius 2 is 1.28 bits per heavy atom. The highest BCUT2D eigenvalue weighted by Gasteiger charge is 2.48. The van der Waals surface area contributed by atoms with Gasteiger partial charge in [0.15, 0.2) is 11.5 Å². The maximum absolute atomic E-state index is 13.8. The van der Waals surface area contributed by atoms with Crippen LogP contribution < -0.4 is 14.2 Å². The van der Waals surface area contributed by atoms with Crippen LogP contribution >= 0.6 is 15.9 Å². The molecule has 13 heteroatoms. The van der Waals surface area contributed by atoms with Crippen molar-refractivity contribution in [1.29, 1.82) is 0 Å². The second-order valence-electron chi connectivity index (χ2n) is 13.3. The van der Waals surface area contributed by atoms with Gasteiger partial charge >= 0.3 is 23.9 Å². The van der Waals surface area contributed by atoms with E-state index < -0.39 is 41.0 Å². The van der Waals surface area contributed by atoms with Crippen LogP contribution in [0.5, 0.6) is 23.0 Å². The van der Waals surface area contributed by atoms with Gasteiger partial charge in [0.2, 0.25) is 5.60 Å². The molecule has 3 aromatic carbocycles. The number of hydrogen-bond donors (Lipinski definition) is 3. The highest BCUT2D eigenvalue weighted by molar-refractivity contribution is 9.10. The molecular formula is C40H39BrO12. The van der Waals surface area contributed by atoms with Crippen LogP contribution in [0.3, 0.4) is 0 Å². The number of aromatic hydroxyl groups is 1. The molecule has 1 atom stereocenters. The molecule has 0 unspecified atom stereocenters. The van der Waals surface area contributed by atoms with Gasteiger partial charge in [-0.2, -0.15) is 0 Å². The molecule has 2 aliphatic carbocycles. The van der Waals surface area contributed by atoms with Crippen LogP contribution in [0, 0.1) is 48.5 Å². The molecule has 0 aliphatic heterocycles. The van der Waals surface area contributed by atoms with E-state index in [4.69, 9.17) is 18.9 Å². The van der Waals surface area contributed by atoms with Crippen LogP contribution in [0.2, 0.25) is 0 Å². The van der Waals surface area contributed by atoms with E-state index in [1.165, 1.54) is 21.0 Å². The highest BCUT2D eigenvalue weighted by atomic mass is 79.9. The number of allylic oxidation sites excluding steroid dienone is 2. The minimum atomic E-state index is -2.42. The van der Waals surface area contributed by atoms with E-state index in [9.17, 15) is 39.3 Å². The first-order chi connectivity index (χ1) is 24.8. The number of halogens is 1. The van der Waals surface area contributed by atoms with Crippen molar-refractivity contribution >= 4 is 45.6 Å². The van der Waals surface area contributed by atoms with Gasteiger partial charge in [-0.25, -0.2) is 19.2 Å². The number of carbonyl (C=O) groups is 5. The summed E-state index contributed by atoms with van der Waals surface area (Å²) in [7, 11) is 1.19. The quantitative estimate of drug-likeness (QED) is 0.164. The summed E-state index contributed by atoms with van der Waals surface area (Å²) in [4.78, 5) is 64.9. The molecule has 0 fully saturated rings. The Hall–Kier alpha value is -5.27. The number of fused-ring (bicyclic) bond motifs is 1. The SMILES string of the molecule is COC1=CC(=O)C=C(C)[C@]1(O)C(=O)Oc1c(C)c(C)c(C(=O)Oc2cc(C)c(C(=O)Oc3c(C)c(C)c(C(=O)O)c(C)c3C)c3c2CCC3)c(O)c1Br. The van der Waals surface area contributed by atoms with Crippen molar-refractivity contribution in [3.8, 4) is 23.0 Å². The Bertz CT molecular complexity index is 2180. The monoisotopic (exact) mass is 790 g/mol. The Morgan fingerprint density at radius 3 is 1.87 bits per heavy atom. The molecule has 0 saturated heterocycles. The first-order valence-corrected chi connectivity index (χ1v) is 17.4. The number of carboxylic acid groups (broad SMARTS) is 1. The lowest BCUT2D eigenvalue weighted by Gasteiger charge is -2.30. The number of aryl methyl sites for hydroxylation is 1. The Kier molecular flexibility index (Phi) is 10.5. The third kappa shape index (κ3) is 6.41. The molecule has 2 aliphatic rings. The fourth-order valence-corrected chi connectivity index (χ4v) is 7.59. The summed E-state index contributed by atoms with van der Waals surface area (Å²) in [6.07, 6.45) is 3.75. The van der Waals surface area contributed by atoms with Gasteiger partial charge in [-0.1, -0.05) is 0 Å². The third-order valence-corrected chi connectivity index (χ3v) is 11.1. The number of carbonyl (C=O) groups excluding carboxylic acids is 4. The number of benzene rings is 3. The summed E-state index contributed by atoms with van der Waals surface area (Å²) in [6.45, 7) is 12.9. The zero-order chi connectivity index (χ0) is 39.4. The second kappa shape index (κ2) is 14.3. The van der Waals surface area contributed by atoms with Crippen molar-refractivity contribution in [2.75, 3.05) is 7.11 Å². The molecule has 0 bridgehead atoms. The summed E-state index contributed by atoms with van der Waals surface area (Å²) >= 11 is 3.23. The number of ether oxygens (including phenoxy) is 4. The van der Waals surface area contributed by atoms with Gasteiger partial charge in [-0.3, -0.25) is 4.79 Å². The van der Waals surface area contributed by atoms with Crippen molar-refractivity contribution in [1.82, 2.24) is 0 Å². The Morgan fingerprint density at radius 1 is 0.736 bits per heavy atom.